The molecule has 41 heavy (non-hydrogen) atoms. The third-order valence-electron chi connectivity index (χ3n) is 5.66. The number of halogens is 21. The molecule has 0 N–H and O–H groups in total. The van der Waals surface area contributed by atoms with E-state index in [2.05, 4.69) is 4.74 Å². The van der Waals surface area contributed by atoms with Crippen molar-refractivity contribution in [2.75, 3.05) is 6.61 Å². The second-order valence-electron chi connectivity index (χ2n) is 8.92. The molecule has 0 aromatic carbocycles. The van der Waals surface area contributed by atoms with E-state index in [0.717, 1.165) is 13.8 Å². The summed E-state index contributed by atoms with van der Waals surface area (Å²) in [5.41, 5.74) is -1.57. The molecule has 0 aromatic heterocycles. The largest absolute Gasteiger partial charge is 0.465 e. The van der Waals surface area contributed by atoms with Gasteiger partial charge < -0.3 is 4.74 Å². The molecule has 0 amide bonds. The average molecular weight is 662 g/mol. The summed E-state index contributed by atoms with van der Waals surface area (Å²) in [7, 11) is 0. The van der Waals surface area contributed by atoms with E-state index in [1.165, 1.54) is 6.92 Å². The van der Waals surface area contributed by atoms with Crippen LogP contribution in [0.4, 0.5) is 92.2 Å². The SMILES string of the molecule is CCC(C)(C)C(=O)OCCC(F)(F)C(F)(F)C(F)(F)C(F)(F)C(F)(F)C(F)(F)C(F)(F)C(F)(F)C(F)(F)C(F)(F)F. The van der Waals surface area contributed by atoms with Gasteiger partial charge in [-0.05, 0) is 20.3 Å². The fourth-order valence-corrected chi connectivity index (χ4v) is 2.36. The van der Waals surface area contributed by atoms with Crippen LogP contribution >= 0.6 is 0 Å². The minimum absolute atomic E-state index is 0.148. The molecule has 2 nitrogen and oxygen atoms in total. The van der Waals surface area contributed by atoms with Crippen LogP contribution in [0.25, 0.3) is 0 Å². The molecule has 0 aliphatic heterocycles. The predicted octanol–water partition coefficient (Wildman–Crippen LogP) is 8.64. The maximum Gasteiger partial charge on any atom is 0.460 e. The molecule has 0 fully saturated rings. The molecule has 0 heterocycles. The van der Waals surface area contributed by atoms with Crippen molar-refractivity contribution in [3.63, 3.8) is 0 Å². The van der Waals surface area contributed by atoms with Crippen molar-refractivity contribution in [1.29, 1.82) is 0 Å². The van der Waals surface area contributed by atoms with Crippen LogP contribution < -0.4 is 0 Å². The molecule has 0 atom stereocenters. The zero-order chi connectivity index (χ0) is 33.9. The maximum atomic E-state index is 13.8. The Kier molecular flexibility index (Phi) is 9.82. The number of carbonyl (C=O) groups is 1. The van der Waals surface area contributed by atoms with Gasteiger partial charge in [0.1, 0.15) is 0 Å². The number of ether oxygens (including phenoxy) is 1. The van der Waals surface area contributed by atoms with Gasteiger partial charge >= 0.3 is 65.4 Å². The molecule has 0 aliphatic rings. The molecule has 0 radical (unpaired) electrons. The molecule has 0 spiro atoms. The van der Waals surface area contributed by atoms with E-state index in [1.807, 2.05) is 0 Å². The zero-order valence-electron chi connectivity index (χ0n) is 19.9. The lowest BCUT2D eigenvalue weighted by molar-refractivity contribution is -0.474. The molecule has 0 aliphatic carbocycles. The Labute approximate surface area is 214 Å². The van der Waals surface area contributed by atoms with Crippen molar-refractivity contribution in [2.45, 2.75) is 93.1 Å². The van der Waals surface area contributed by atoms with Crippen LogP contribution in [0.3, 0.4) is 0 Å². The standard InChI is InChI=1S/C18H15F21O2/c1-4-8(2,3)7(40)41-6-5-9(19,20)10(21,22)11(23,24)12(25,26)13(27,28)14(29,30)15(31,32)16(33,34)17(35,36)18(37,38)39/h4-6H2,1-3H3. The number of hydrogen-bond acceptors (Lipinski definition) is 2. The van der Waals surface area contributed by atoms with Crippen molar-refractivity contribution >= 4 is 5.97 Å². The topological polar surface area (TPSA) is 26.3 Å². The minimum atomic E-state index is -9.21. The second-order valence-corrected chi connectivity index (χ2v) is 8.92. The van der Waals surface area contributed by atoms with Gasteiger partial charge in [0.05, 0.1) is 18.4 Å². The van der Waals surface area contributed by atoms with Crippen LogP contribution in [0.5, 0.6) is 0 Å². The number of esters is 1. The summed E-state index contributed by atoms with van der Waals surface area (Å²) < 4.78 is 283. The van der Waals surface area contributed by atoms with E-state index >= 15 is 0 Å². The normalized spacial score (nSPS) is 16.2. The molecule has 23 heteroatoms. The molecule has 0 bridgehead atoms. The molecule has 0 rings (SSSR count). The van der Waals surface area contributed by atoms with Gasteiger partial charge in [-0.3, -0.25) is 4.79 Å². The molecular weight excluding hydrogens is 647 g/mol. The number of rotatable bonds is 13. The molecule has 0 aromatic rings. The van der Waals surface area contributed by atoms with Crippen molar-refractivity contribution in [2.24, 2.45) is 5.41 Å². The lowest BCUT2D eigenvalue weighted by Crippen LogP contribution is -2.76. The molecule has 246 valence electrons. The predicted molar refractivity (Wildman–Crippen MR) is 90.2 cm³/mol. The van der Waals surface area contributed by atoms with Crippen LogP contribution in [-0.4, -0.2) is 72.1 Å². The summed E-state index contributed by atoms with van der Waals surface area (Å²) >= 11 is 0. The van der Waals surface area contributed by atoms with Gasteiger partial charge in [-0.15, -0.1) is 0 Å². The van der Waals surface area contributed by atoms with Crippen LogP contribution in [0.2, 0.25) is 0 Å². The smallest absolute Gasteiger partial charge is 0.460 e. The van der Waals surface area contributed by atoms with Gasteiger partial charge in [-0.2, -0.15) is 92.2 Å². The Bertz CT molecular complexity index is 947. The van der Waals surface area contributed by atoms with Crippen molar-refractivity contribution < 1.29 is 102 Å². The third kappa shape index (κ3) is 5.46. The summed E-state index contributed by atoms with van der Waals surface area (Å²) in [5, 5.41) is 0. The Hall–Kier alpha value is -2.00. The minimum Gasteiger partial charge on any atom is -0.465 e. The molecule has 0 unspecified atom stereocenters. The van der Waals surface area contributed by atoms with E-state index in [-0.39, 0.29) is 6.42 Å². The summed E-state index contributed by atoms with van der Waals surface area (Å²) in [6.45, 7) is 1.27. The number of carbonyl (C=O) groups excluding carboxylic acids is 1. The van der Waals surface area contributed by atoms with Crippen LogP contribution in [0.15, 0.2) is 0 Å². The third-order valence-corrected chi connectivity index (χ3v) is 5.66. The monoisotopic (exact) mass is 662 g/mol. The van der Waals surface area contributed by atoms with Crippen LogP contribution in [0.1, 0.15) is 33.6 Å². The van der Waals surface area contributed by atoms with Gasteiger partial charge in [0.15, 0.2) is 0 Å². The van der Waals surface area contributed by atoms with Crippen LogP contribution in [-0.2, 0) is 9.53 Å². The fourth-order valence-electron chi connectivity index (χ4n) is 2.36. The van der Waals surface area contributed by atoms with Crippen molar-refractivity contribution in [1.82, 2.24) is 0 Å². The van der Waals surface area contributed by atoms with Gasteiger partial charge in [-0.25, -0.2) is 0 Å². The molecule has 0 saturated carbocycles. The van der Waals surface area contributed by atoms with Gasteiger partial charge in [0, 0.05) is 0 Å². The number of hydrogen-bond donors (Lipinski definition) is 0. The van der Waals surface area contributed by atoms with E-state index < -0.39 is 83.9 Å². The Morgan fingerprint density at radius 3 is 1.02 bits per heavy atom. The van der Waals surface area contributed by atoms with Gasteiger partial charge in [0.25, 0.3) is 0 Å². The molecule has 0 saturated heterocycles. The Balaban J connectivity index is 6.70. The quantitative estimate of drug-likeness (QED) is 0.146. The van der Waals surface area contributed by atoms with E-state index in [0.29, 0.717) is 0 Å². The van der Waals surface area contributed by atoms with Crippen molar-refractivity contribution in [3.8, 4) is 0 Å². The summed E-state index contributed by atoms with van der Waals surface area (Å²) in [5.74, 6) is -78.9. The van der Waals surface area contributed by atoms with Crippen LogP contribution in [0, 0.1) is 5.41 Å². The maximum absolute atomic E-state index is 13.8. The lowest BCUT2D eigenvalue weighted by atomic mass is 9.86. The first kappa shape index (κ1) is 39.0. The zero-order valence-corrected chi connectivity index (χ0v) is 19.9. The van der Waals surface area contributed by atoms with E-state index in [9.17, 15) is 97.0 Å². The molecular formula is C18H15F21O2. The average Bonchev–Trinajstić information content (AvgIpc) is 2.76. The first-order valence-electron chi connectivity index (χ1n) is 10.1. The lowest BCUT2D eigenvalue weighted by Gasteiger charge is -2.44. The second kappa shape index (κ2) is 10.3. The highest BCUT2D eigenvalue weighted by Crippen LogP contribution is 2.66. The van der Waals surface area contributed by atoms with E-state index in [4.69, 9.17) is 0 Å². The highest BCUT2D eigenvalue weighted by molar-refractivity contribution is 5.75. The fraction of sp³-hybridized carbons (Fsp3) is 0.944. The van der Waals surface area contributed by atoms with E-state index in [1.54, 1.807) is 0 Å². The first-order valence-corrected chi connectivity index (χ1v) is 10.1. The Morgan fingerprint density at radius 1 is 0.488 bits per heavy atom. The first-order chi connectivity index (χ1) is 17.4. The number of alkyl halides is 21. The highest BCUT2D eigenvalue weighted by atomic mass is 19.4. The van der Waals surface area contributed by atoms with Crippen molar-refractivity contribution in [3.05, 3.63) is 0 Å². The van der Waals surface area contributed by atoms with Gasteiger partial charge in [0.2, 0.25) is 0 Å². The Morgan fingerprint density at radius 2 is 0.756 bits per heavy atom. The summed E-state index contributed by atoms with van der Waals surface area (Å²) in [6.07, 6.45) is -11.2. The summed E-state index contributed by atoms with van der Waals surface area (Å²) in [4.78, 5) is 11.6. The summed E-state index contributed by atoms with van der Waals surface area (Å²) in [6, 6.07) is 0. The highest BCUT2D eigenvalue weighted by Gasteiger charge is 2.97. The van der Waals surface area contributed by atoms with Gasteiger partial charge in [-0.1, -0.05) is 6.92 Å².